The van der Waals surface area contributed by atoms with Gasteiger partial charge in [-0.3, -0.25) is 4.79 Å². The second-order valence-corrected chi connectivity index (χ2v) is 6.38. The Bertz CT molecular complexity index is 750. The number of hydrogen-bond donors (Lipinski definition) is 1. The van der Waals surface area contributed by atoms with Crippen molar-refractivity contribution in [2.45, 2.75) is 60.5 Å². The van der Waals surface area contributed by atoms with Crippen molar-refractivity contribution in [3.63, 3.8) is 0 Å². The first-order valence-electron chi connectivity index (χ1n) is 9.13. The zero-order valence-corrected chi connectivity index (χ0v) is 16.0. The van der Waals surface area contributed by atoms with E-state index >= 15 is 0 Å². The normalized spacial score (nSPS) is 10.6. The Labute approximate surface area is 151 Å². The highest BCUT2D eigenvalue weighted by atomic mass is 16.5. The van der Waals surface area contributed by atoms with E-state index in [0.29, 0.717) is 13.0 Å². The fourth-order valence-corrected chi connectivity index (χ4v) is 2.90. The molecule has 0 heterocycles. The minimum Gasteiger partial charge on any atom is -0.489 e. The number of aryl methyl sites for hydroxylation is 4. The van der Waals surface area contributed by atoms with E-state index in [2.05, 4.69) is 51.2 Å². The van der Waals surface area contributed by atoms with E-state index in [0.717, 1.165) is 29.8 Å². The summed E-state index contributed by atoms with van der Waals surface area (Å²) in [5.74, 6) is 0.958. The zero-order valence-electron chi connectivity index (χ0n) is 16.0. The number of anilines is 1. The molecule has 25 heavy (non-hydrogen) atoms. The predicted octanol–water partition coefficient (Wildman–Crippen LogP) is 5.36. The third kappa shape index (κ3) is 4.62. The van der Waals surface area contributed by atoms with E-state index in [9.17, 15) is 4.79 Å². The van der Waals surface area contributed by atoms with Gasteiger partial charge in [0, 0.05) is 17.7 Å². The Hall–Kier alpha value is -2.29. The van der Waals surface area contributed by atoms with E-state index in [1.807, 2.05) is 19.1 Å². The average Bonchev–Trinajstić information content (AvgIpc) is 2.62. The van der Waals surface area contributed by atoms with Gasteiger partial charge in [-0.05, 0) is 61.1 Å². The lowest BCUT2D eigenvalue weighted by molar-refractivity contribution is -0.115. The van der Waals surface area contributed by atoms with Crippen LogP contribution in [0.1, 0.15) is 55.0 Å². The molecule has 2 aromatic carbocycles. The van der Waals surface area contributed by atoms with Crippen molar-refractivity contribution in [2.75, 3.05) is 5.32 Å². The number of amides is 1. The molecule has 0 saturated heterocycles. The van der Waals surface area contributed by atoms with Crippen molar-refractivity contribution in [2.24, 2.45) is 0 Å². The molecule has 134 valence electrons. The number of carbonyl (C=O) groups is 1. The molecule has 1 amide bonds. The summed E-state index contributed by atoms with van der Waals surface area (Å²) >= 11 is 0. The molecule has 0 fully saturated rings. The summed E-state index contributed by atoms with van der Waals surface area (Å²) in [7, 11) is 0. The molecule has 3 heteroatoms. The van der Waals surface area contributed by atoms with Crippen molar-refractivity contribution in [1.29, 1.82) is 0 Å². The summed E-state index contributed by atoms with van der Waals surface area (Å²) in [5, 5.41) is 3.00. The van der Waals surface area contributed by atoms with Crippen LogP contribution in [0.25, 0.3) is 0 Å². The van der Waals surface area contributed by atoms with Crippen molar-refractivity contribution in [3.8, 4) is 5.75 Å². The highest BCUT2D eigenvalue weighted by molar-refractivity contribution is 5.91. The first kappa shape index (κ1) is 19.0. The topological polar surface area (TPSA) is 38.3 Å². The van der Waals surface area contributed by atoms with E-state index in [1.54, 1.807) is 0 Å². The largest absolute Gasteiger partial charge is 0.489 e. The van der Waals surface area contributed by atoms with E-state index in [4.69, 9.17) is 4.74 Å². The Morgan fingerprint density at radius 1 is 1.00 bits per heavy atom. The number of benzene rings is 2. The molecule has 0 bridgehead atoms. The van der Waals surface area contributed by atoms with E-state index in [1.165, 1.54) is 22.3 Å². The summed E-state index contributed by atoms with van der Waals surface area (Å²) < 4.78 is 6.20. The zero-order chi connectivity index (χ0) is 18.4. The standard InChI is InChI=1S/C22H29NO2/c1-6-17-10-9-11-20(23-22(24)8-3)19(17)14-25-21-13-16(5)15(4)12-18(21)7-2/h9-13H,6-8,14H2,1-5H3,(H,23,24). The SMILES string of the molecule is CCC(=O)Nc1cccc(CC)c1COc1cc(C)c(C)cc1CC. The highest BCUT2D eigenvalue weighted by Gasteiger charge is 2.12. The van der Waals surface area contributed by atoms with Gasteiger partial charge in [0.15, 0.2) is 0 Å². The molecule has 0 atom stereocenters. The van der Waals surface area contributed by atoms with Crippen molar-refractivity contribution < 1.29 is 9.53 Å². The molecule has 1 N–H and O–H groups in total. The third-order valence-electron chi connectivity index (χ3n) is 4.68. The van der Waals surface area contributed by atoms with E-state index < -0.39 is 0 Å². The molecule has 0 saturated carbocycles. The first-order valence-corrected chi connectivity index (χ1v) is 9.13. The fourth-order valence-electron chi connectivity index (χ4n) is 2.90. The summed E-state index contributed by atoms with van der Waals surface area (Å²) in [6, 6.07) is 10.4. The van der Waals surface area contributed by atoms with Gasteiger partial charge < -0.3 is 10.1 Å². The lowest BCUT2D eigenvalue weighted by atomic mass is 10.0. The van der Waals surface area contributed by atoms with E-state index in [-0.39, 0.29) is 5.91 Å². The van der Waals surface area contributed by atoms with Crippen LogP contribution in [0.5, 0.6) is 5.75 Å². The molecule has 0 aliphatic carbocycles. The average molecular weight is 339 g/mol. The second-order valence-electron chi connectivity index (χ2n) is 6.38. The summed E-state index contributed by atoms with van der Waals surface area (Å²) in [5.41, 5.74) is 6.86. The number of carbonyl (C=O) groups excluding carboxylic acids is 1. The van der Waals surface area contributed by atoms with Crippen LogP contribution in [0.15, 0.2) is 30.3 Å². The molecular formula is C22H29NO2. The molecule has 0 aliphatic rings. The van der Waals surface area contributed by atoms with Crippen LogP contribution in [0.4, 0.5) is 5.69 Å². The number of hydrogen-bond acceptors (Lipinski definition) is 2. The quantitative estimate of drug-likeness (QED) is 0.738. The van der Waals surface area contributed by atoms with Gasteiger partial charge in [-0.1, -0.05) is 39.0 Å². The van der Waals surface area contributed by atoms with Crippen molar-refractivity contribution >= 4 is 11.6 Å². The first-order chi connectivity index (χ1) is 12.0. The molecule has 2 rings (SSSR count). The Morgan fingerprint density at radius 2 is 1.68 bits per heavy atom. The van der Waals surface area contributed by atoms with Gasteiger partial charge in [0.25, 0.3) is 0 Å². The van der Waals surface area contributed by atoms with Gasteiger partial charge in [0.1, 0.15) is 12.4 Å². The van der Waals surface area contributed by atoms with Crippen LogP contribution in [0.3, 0.4) is 0 Å². The van der Waals surface area contributed by atoms with Crippen molar-refractivity contribution in [3.05, 3.63) is 58.1 Å². The smallest absolute Gasteiger partial charge is 0.224 e. The molecule has 0 aliphatic heterocycles. The van der Waals surface area contributed by atoms with Gasteiger partial charge in [-0.25, -0.2) is 0 Å². The maximum atomic E-state index is 11.8. The number of ether oxygens (including phenoxy) is 1. The summed E-state index contributed by atoms with van der Waals surface area (Å²) in [4.78, 5) is 11.8. The van der Waals surface area contributed by atoms with Crippen LogP contribution in [-0.4, -0.2) is 5.91 Å². The highest BCUT2D eigenvalue weighted by Crippen LogP contribution is 2.27. The third-order valence-corrected chi connectivity index (χ3v) is 4.68. The Morgan fingerprint density at radius 3 is 2.32 bits per heavy atom. The van der Waals surface area contributed by atoms with Crippen LogP contribution in [0.2, 0.25) is 0 Å². The van der Waals surface area contributed by atoms with Gasteiger partial charge in [0.2, 0.25) is 5.91 Å². The van der Waals surface area contributed by atoms with Gasteiger partial charge in [-0.15, -0.1) is 0 Å². The predicted molar refractivity (Wildman–Crippen MR) is 104 cm³/mol. The molecule has 3 nitrogen and oxygen atoms in total. The molecule has 0 radical (unpaired) electrons. The van der Waals surface area contributed by atoms with Crippen LogP contribution < -0.4 is 10.1 Å². The Kier molecular flexibility index (Phi) is 6.63. The van der Waals surface area contributed by atoms with Crippen LogP contribution >= 0.6 is 0 Å². The molecular weight excluding hydrogens is 310 g/mol. The molecule has 0 unspecified atom stereocenters. The summed E-state index contributed by atoms with van der Waals surface area (Å²) in [6.07, 6.45) is 2.31. The van der Waals surface area contributed by atoms with Crippen LogP contribution in [0, 0.1) is 13.8 Å². The molecule has 2 aromatic rings. The van der Waals surface area contributed by atoms with Gasteiger partial charge in [0.05, 0.1) is 0 Å². The lowest BCUT2D eigenvalue weighted by Gasteiger charge is -2.18. The minimum absolute atomic E-state index is 0.0231. The lowest BCUT2D eigenvalue weighted by Crippen LogP contribution is -2.13. The monoisotopic (exact) mass is 339 g/mol. The molecule has 0 aromatic heterocycles. The number of nitrogens with one attached hydrogen (secondary N) is 1. The van der Waals surface area contributed by atoms with Crippen molar-refractivity contribution in [1.82, 2.24) is 0 Å². The maximum absolute atomic E-state index is 11.8. The maximum Gasteiger partial charge on any atom is 0.224 e. The van der Waals surface area contributed by atoms with Gasteiger partial charge in [-0.2, -0.15) is 0 Å². The number of rotatable bonds is 7. The van der Waals surface area contributed by atoms with Gasteiger partial charge >= 0.3 is 0 Å². The Balaban J connectivity index is 2.31. The summed E-state index contributed by atoms with van der Waals surface area (Å²) in [6.45, 7) is 10.8. The minimum atomic E-state index is 0.0231. The van der Waals surface area contributed by atoms with Crippen LogP contribution in [-0.2, 0) is 24.2 Å². The second kappa shape index (κ2) is 8.70. The fraction of sp³-hybridized carbons (Fsp3) is 0.409. The molecule has 0 spiro atoms.